The summed E-state index contributed by atoms with van der Waals surface area (Å²) in [7, 11) is 0. The third kappa shape index (κ3) is 2.31. The van der Waals surface area contributed by atoms with Crippen molar-refractivity contribution in [3.8, 4) is 0 Å². The van der Waals surface area contributed by atoms with E-state index in [0.29, 0.717) is 12.0 Å². The number of hydrogen-bond donors (Lipinski definition) is 1. The smallest absolute Gasteiger partial charge is 0.177 e. The minimum atomic E-state index is 0.546. The van der Waals surface area contributed by atoms with Gasteiger partial charge in [0, 0.05) is 23.7 Å². The number of rotatable bonds is 2. The van der Waals surface area contributed by atoms with Crippen LogP contribution in [-0.2, 0) is 0 Å². The predicted molar refractivity (Wildman–Crippen MR) is 69.3 cm³/mol. The number of aromatic amines is 1. The maximum Gasteiger partial charge on any atom is 0.177 e. The molecule has 2 rings (SSSR count). The van der Waals surface area contributed by atoms with Crippen LogP contribution in [0.15, 0.2) is 6.20 Å². The third-order valence-electron chi connectivity index (χ3n) is 2.93. The van der Waals surface area contributed by atoms with Crippen LogP contribution in [0.4, 0.5) is 0 Å². The number of imidazole rings is 1. The number of aromatic nitrogens is 2. The van der Waals surface area contributed by atoms with Gasteiger partial charge in [-0.3, -0.25) is 0 Å². The first-order valence-corrected chi connectivity index (χ1v) is 7.14. The summed E-state index contributed by atoms with van der Waals surface area (Å²) in [4.78, 5) is 3.18. The number of nitrogens with one attached hydrogen (secondary N) is 1. The van der Waals surface area contributed by atoms with E-state index < -0.39 is 0 Å². The summed E-state index contributed by atoms with van der Waals surface area (Å²) in [5, 5.41) is 0. The SMILES string of the molecule is CC(C)c1c[nH]c(=S)n1C1CCCSC1. The summed E-state index contributed by atoms with van der Waals surface area (Å²) in [6.45, 7) is 4.45. The zero-order valence-corrected chi connectivity index (χ0v) is 11.0. The molecule has 2 heterocycles. The summed E-state index contributed by atoms with van der Waals surface area (Å²) >= 11 is 7.42. The van der Waals surface area contributed by atoms with Gasteiger partial charge >= 0.3 is 0 Å². The van der Waals surface area contributed by atoms with Gasteiger partial charge in [0.05, 0.1) is 0 Å². The van der Waals surface area contributed by atoms with Gasteiger partial charge in [-0.15, -0.1) is 0 Å². The monoisotopic (exact) mass is 242 g/mol. The van der Waals surface area contributed by atoms with Crippen LogP contribution >= 0.6 is 24.0 Å². The van der Waals surface area contributed by atoms with Gasteiger partial charge in [0.2, 0.25) is 0 Å². The molecule has 84 valence electrons. The van der Waals surface area contributed by atoms with Crippen LogP contribution in [0, 0.1) is 4.77 Å². The van der Waals surface area contributed by atoms with Crippen molar-refractivity contribution in [1.29, 1.82) is 0 Å². The van der Waals surface area contributed by atoms with E-state index in [1.165, 1.54) is 30.0 Å². The molecule has 1 aromatic rings. The molecule has 1 saturated heterocycles. The van der Waals surface area contributed by atoms with E-state index in [-0.39, 0.29) is 0 Å². The Labute approximate surface area is 100 Å². The molecule has 15 heavy (non-hydrogen) atoms. The van der Waals surface area contributed by atoms with Crippen molar-refractivity contribution >= 4 is 24.0 Å². The molecule has 1 aliphatic rings. The second-order valence-electron chi connectivity index (χ2n) is 4.41. The van der Waals surface area contributed by atoms with Crippen LogP contribution in [0.5, 0.6) is 0 Å². The Hall–Kier alpha value is -0.220. The minimum absolute atomic E-state index is 0.546. The van der Waals surface area contributed by atoms with Gasteiger partial charge in [-0.05, 0) is 36.7 Å². The Morgan fingerprint density at radius 3 is 3.00 bits per heavy atom. The molecule has 0 amide bonds. The van der Waals surface area contributed by atoms with Crippen LogP contribution in [0.1, 0.15) is 44.3 Å². The fraction of sp³-hybridized carbons (Fsp3) is 0.727. The first-order valence-electron chi connectivity index (χ1n) is 5.57. The Morgan fingerprint density at radius 1 is 1.60 bits per heavy atom. The van der Waals surface area contributed by atoms with Gasteiger partial charge < -0.3 is 9.55 Å². The van der Waals surface area contributed by atoms with E-state index in [0.717, 1.165) is 4.77 Å². The van der Waals surface area contributed by atoms with E-state index in [1.54, 1.807) is 0 Å². The fourth-order valence-electron chi connectivity index (χ4n) is 2.14. The number of hydrogen-bond acceptors (Lipinski definition) is 2. The largest absolute Gasteiger partial charge is 0.337 e. The molecule has 0 radical (unpaired) electrons. The second kappa shape index (κ2) is 4.74. The molecule has 0 spiro atoms. The maximum atomic E-state index is 5.37. The van der Waals surface area contributed by atoms with Gasteiger partial charge in [0.15, 0.2) is 4.77 Å². The Morgan fingerprint density at radius 2 is 2.40 bits per heavy atom. The highest BCUT2D eigenvalue weighted by atomic mass is 32.2. The zero-order chi connectivity index (χ0) is 10.8. The van der Waals surface area contributed by atoms with E-state index in [2.05, 4.69) is 29.6 Å². The lowest BCUT2D eigenvalue weighted by molar-refractivity contribution is 0.472. The third-order valence-corrected chi connectivity index (χ3v) is 4.45. The number of H-pyrrole nitrogens is 1. The highest BCUT2D eigenvalue weighted by Crippen LogP contribution is 2.30. The van der Waals surface area contributed by atoms with Gasteiger partial charge in [-0.2, -0.15) is 11.8 Å². The topological polar surface area (TPSA) is 20.7 Å². The Bertz CT molecular complexity index is 372. The van der Waals surface area contributed by atoms with Gasteiger partial charge in [-0.25, -0.2) is 0 Å². The quantitative estimate of drug-likeness (QED) is 0.798. The molecule has 0 bridgehead atoms. The van der Waals surface area contributed by atoms with E-state index in [4.69, 9.17) is 12.2 Å². The van der Waals surface area contributed by atoms with E-state index in [9.17, 15) is 0 Å². The van der Waals surface area contributed by atoms with Crippen molar-refractivity contribution in [2.24, 2.45) is 0 Å². The van der Waals surface area contributed by atoms with Crippen molar-refractivity contribution < 1.29 is 0 Å². The van der Waals surface area contributed by atoms with Crippen LogP contribution in [-0.4, -0.2) is 21.1 Å². The molecule has 0 saturated carbocycles. The van der Waals surface area contributed by atoms with Crippen molar-refractivity contribution in [3.63, 3.8) is 0 Å². The molecule has 1 atom stereocenters. The average Bonchev–Trinajstić information content (AvgIpc) is 2.61. The molecule has 1 N–H and O–H groups in total. The summed E-state index contributed by atoms with van der Waals surface area (Å²) in [5.41, 5.74) is 1.35. The summed E-state index contributed by atoms with van der Waals surface area (Å²) in [6.07, 6.45) is 4.67. The highest BCUT2D eigenvalue weighted by Gasteiger charge is 2.19. The molecule has 1 fully saturated rings. The van der Waals surface area contributed by atoms with E-state index >= 15 is 0 Å². The van der Waals surface area contributed by atoms with Gasteiger partial charge in [0.1, 0.15) is 0 Å². The van der Waals surface area contributed by atoms with Crippen LogP contribution in [0.3, 0.4) is 0 Å². The molecule has 4 heteroatoms. The Kier molecular flexibility index (Phi) is 3.57. The summed E-state index contributed by atoms with van der Waals surface area (Å²) in [6, 6.07) is 0.611. The normalized spacial score (nSPS) is 22.2. The molecule has 1 unspecified atom stereocenters. The van der Waals surface area contributed by atoms with Crippen LogP contribution in [0.25, 0.3) is 0 Å². The van der Waals surface area contributed by atoms with Gasteiger partial charge in [0.25, 0.3) is 0 Å². The number of nitrogens with zero attached hydrogens (tertiary/aromatic N) is 1. The minimum Gasteiger partial charge on any atom is -0.337 e. The van der Waals surface area contributed by atoms with Gasteiger partial charge in [-0.1, -0.05) is 13.8 Å². The first-order chi connectivity index (χ1) is 7.20. The first kappa shape index (κ1) is 11.3. The van der Waals surface area contributed by atoms with Crippen molar-refractivity contribution in [1.82, 2.24) is 9.55 Å². The molecule has 1 aromatic heterocycles. The molecule has 0 aliphatic carbocycles. The summed E-state index contributed by atoms with van der Waals surface area (Å²) < 4.78 is 3.23. The predicted octanol–water partition coefficient (Wildman–Crippen LogP) is 3.74. The molecular weight excluding hydrogens is 224 g/mol. The summed E-state index contributed by atoms with van der Waals surface area (Å²) in [5.74, 6) is 3.07. The van der Waals surface area contributed by atoms with Crippen LogP contribution in [0.2, 0.25) is 0 Å². The molecule has 2 nitrogen and oxygen atoms in total. The van der Waals surface area contributed by atoms with E-state index in [1.807, 2.05) is 11.8 Å². The standard InChI is InChI=1S/C11H18N2S2/c1-8(2)10-6-12-11(14)13(10)9-4-3-5-15-7-9/h6,8-9H,3-5,7H2,1-2H3,(H,12,14). The maximum absolute atomic E-state index is 5.37. The lowest BCUT2D eigenvalue weighted by Gasteiger charge is -2.25. The molecule has 1 aliphatic heterocycles. The van der Waals surface area contributed by atoms with Crippen molar-refractivity contribution in [3.05, 3.63) is 16.7 Å². The zero-order valence-electron chi connectivity index (χ0n) is 9.32. The molecular formula is C11H18N2S2. The molecule has 0 aromatic carbocycles. The average molecular weight is 242 g/mol. The van der Waals surface area contributed by atoms with Crippen molar-refractivity contribution in [2.45, 2.75) is 38.6 Å². The lowest BCUT2D eigenvalue weighted by atomic mass is 10.1. The Balaban J connectivity index is 2.32. The number of thioether (sulfide) groups is 1. The fourth-order valence-corrected chi connectivity index (χ4v) is 3.58. The highest BCUT2D eigenvalue weighted by molar-refractivity contribution is 7.99. The van der Waals surface area contributed by atoms with Crippen LogP contribution < -0.4 is 0 Å². The lowest BCUT2D eigenvalue weighted by Crippen LogP contribution is -2.18. The van der Waals surface area contributed by atoms with Crippen molar-refractivity contribution in [2.75, 3.05) is 11.5 Å². The second-order valence-corrected chi connectivity index (χ2v) is 5.95.